The maximum Gasteiger partial charge on any atom is 0.275 e. The third-order valence-corrected chi connectivity index (χ3v) is 3.88. The van der Waals surface area contributed by atoms with Crippen LogP contribution in [0, 0.1) is 0 Å². The van der Waals surface area contributed by atoms with Crippen molar-refractivity contribution >= 4 is 10.9 Å². The largest absolute Gasteiger partial charge is 0.342 e. The molecule has 0 saturated carbocycles. The summed E-state index contributed by atoms with van der Waals surface area (Å²) in [5.41, 5.74) is 2.00. The van der Waals surface area contributed by atoms with E-state index in [2.05, 4.69) is 9.47 Å². The van der Waals surface area contributed by atoms with Crippen LogP contribution in [0.15, 0.2) is 59.7 Å². The first-order valence-electron chi connectivity index (χ1n) is 7.52. The Hall–Kier alpha value is -2.33. The number of fused-ring (bicyclic) bond motifs is 1. The fourth-order valence-electron chi connectivity index (χ4n) is 2.64. The minimum atomic E-state index is 0.0742. The SMILES string of the molecule is CN(C)CCn1ccc2ccn(Cc3ccccc3)c(=O)c21. The first-order valence-corrected chi connectivity index (χ1v) is 7.52. The van der Waals surface area contributed by atoms with E-state index >= 15 is 0 Å². The molecule has 0 aliphatic rings. The molecular weight excluding hydrogens is 274 g/mol. The lowest BCUT2D eigenvalue weighted by atomic mass is 10.2. The molecule has 114 valence electrons. The van der Waals surface area contributed by atoms with Gasteiger partial charge in [-0.2, -0.15) is 0 Å². The van der Waals surface area contributed by atoms with Gasteiger partial charge in [0.05, 0.1) is 6.54 Å². The molecule has 0 aliphatic carbocycles. The standard InChI is InChI=1S/C18H21N3O/c1-19(2)12-13-20-10-8-16-9-11-21(18(22)17(16)20)14-15-6-4-3-5-7-15/h3-11H,12-14H2,1-2H3. The lowest BCUT2D eigenvalue weighted by Crippen LogP contribution is -2.24. The van der Waals surface area contributed by atoms with Gasteiger partial charge in [0.15, 0.2) is 0 Å². The van der Waals surface area contributed by atoms with Crippen LogP contribution in [0.4, 0.5) is 0 Å². The summed E-state index contributed by atoms with van der Waals surface area (Å²) < 4.78 is 3.84. The fourth-order valence-corrected chi connectivity index (χ4v) is 2.64. The van der Waals surface area contributed by atoms with Crippen LogP contribution in [-0.2, 0) is 13.1 Å². The molecule has 0 spiro atoms. The minimum absolute atomic E-state index is 0.0742. The van der Waals surface area contributed by atoms with Gasteiger partial charge in [-0.25, -0.2) is 0 Å². The first kappa shape index (κ1) is 14.6. The summed E-state index contributed by atoms with van der Waals surface area (Å²) >= 11 is 0. The summed E-state index contributed by atoms with van der Waals surface area (Å²) in [7, 11) is 4.08. The zero-order valence-electron chi connectivity index (χ0n) is 13.1. The van der Waals surface area contributed by atoms with Gasteiger partial charge in [0.1, 0.15) is 5.52 Å². The van der Waals surface area contributed by atoms with E-state index in [1.165, 1.54) is 0 Å². The highest BCUT2D eigenvalue weighted by Gasteiger charge is 2.08. The van der Waals surface area contributed by atoms with Gasteiger partial charge in [-0.15, -0.1) is 0 Å². The van der Waals surface area contributed by atoms with Gasteiger partial charge in [-0.3, -0.25) is 4.79 Å². The molecule has 3 rings (SSSR count). The van der Waals surface area contributed by atoms with E-state index in [0.717, 1.165) is 29.6 Å². The summed E-state index contributed by atoms with van der Waals surface area (Å²) in [6.07, 6.45) is 3.89. The van der Waals surface area contributed by atoms with E-state index in [1.807, 2.05) is 69.0 Å². The Morgan fingerprint density at radius 2 is 1.64 bits per heavy atom. The van der Waals surface area contributed by atoms with Crippen LogP contribution in [0.25, 0.3) is 10.9 Å². The topological polar surface area (TPSA) is 30.2 Å². The Bertz CT molecular complexity index is 815. The van der Waals surface area contributed by atoms with Gasteiger partial charge < -0.3 is 14.0 Å². The smallest absolute Gasteiger partial charge is 0.275 e. The highest BCUT2D eigenvalue weighted by molar-refractivity contribution is 5.78. The van der Waals surface area contributed by atoms with Crippen LogP contribution in [0.2, 0.25) is 0 Å². The number of benzene rings is 1. The van der Waals surface area contributed by atoms with Crippen LogP contribution in [-0.4, -0.2) is 34.7 Å². The summed E-state index contributed by atoms with van der Waals surface area (Å²) in [5.74, 6) is 0. The van der Waals surface area contributed by atoms with Crippen LogP contribution < -0.4 is 5.56 Å². The predicted octanol–water partition coefficient (Wildman–Crippen LogP) is 2.41. The Balaban J connectivity index is 1.97. The van der Waals surface area contributed by atoms with Gasteiger partial charge in [0.2, 0.25) is 0 Å². The molecule has 2 aromatic heterocycles. The first-order chi connectivity index (χ1) is 10.6. The maximum atomic E-state index is 12.8. The molecule has 22 heavy (non-hydrogen) atoms. The fraction of sp³-hybridized carbons (Fsp3) is 0.278. The quantitative estimate of drug-likeness (QED) is 0.723. The van der Waals surface area contributed by atoms with Crippen LogP contribution in [0.1, 0.15) is 5.56 Å². The lowest BCUT2D eigenvalue weighted by molar-refractivity contribution is 0.386. The molecule has 0 aliphatic heterocycles. The third-order valence-electron chi connectivity index (χ3n) is 3.88. The van der Waals surface area contributed by atoms with Crippen molar-refractivity contribution in [1.82, 2.24) is 14.0 Å². The highest BCUT2D eigenvalue weighted by Crippen LogP contribution is 2.12. The highest BCUT2D eigenvalue weighted by atomic mass is 16.1. The van der Waals surface area contributed by atoms with Crippen molar-refractivity contribution in [3.8, 4) is 0 Å². The molecule has 4 heteroatoms. The average Bonchev–Trinajstić information content (AvgIpc) is 2.93. The number of aromatic nitrogens is 2. The summed E-state index contributed by atoms with van der Waals surface area (Å²) in [6.45, 7) is 2.34. The lowest BCUT2D eigenvalue weighted by Gasteiger charge is -2.12. The monoisotopic (exact) mass is 295 g/mol. The molecule has 0 amide bonds. The van der Waals surface area contributed by atoms with Crippen molar-refractivity contribution in [2.24, 2.45) is 0 Å². The summed E-state index contributed by atoms with van der Waals surface area (Å²) in [6, 6.07) is 14.1. The number of likely N-dealkylation sites (N-methyl/N-ethyl adjacent to an activating group) is 1. The van der Waals surface area contributed by atoms with Gasteiger partial charge in [0.25, 0.3) is 5.56 Å². The molecule has 4 nitrogen and oxygen atoms in total. The van der Waals surface area contributed by atoms with Gasteiger partial charge in [-0.05, 0) is 31.8 Å². The summed E-state index contributed by atoms with van der Waals surface area (Å²) in [4.78, 5) is 14.9. The van der Waals surface area contributed by atoms with E-state index in [-0.39, 0.29) is 5.56 Å². The normalized spacial score (nSPS) is 11.4. The molecule has 0 N–H and O–H groups in total. The van der Waals surface area contributed by atoms with Crippen molar-refractivity contribution in [2.75, 3.05) is 20.6 Å². The van der Waals surface area contributed by atoms with Gasteiger partial charge >= 0.3 is 0 Å². The second-order valence-corrected chi connectivity index (χ2v) is 5.85. The van der Waals surface area contributed by atoms with Gasteiger partial charge in [-0.1, -0.05) is 30.3 Å². The van der Waals surface area contributed by atoms with Crippen molar-refractivity contribution in [1.29, 1.82) is 0 Å². The Kier molecular flexibility index (Phi) is 4.11. The molecule has 0 saturated heterocycles. The van der Waals surface area contributed by atoms with E-state index in [0.29, 0.717) is 6.54 Å². The molecule has 0 bridgehead atoms. The predicted molar refractivity (Wildman–Crippen MR) is 90.3 cm³/mol. The Labute approximate surface area is 130 Å². The molecule has 3 aromatic rings. The Morgan fingerprint density at radius 3 is 2.32 bits per heavy atom. The second kappa shape index (κ2) is 6.20. The number of nitrogens with zero attached hydrogens (tertiary/aromatic N) is 3. The van der Waals surface area contributed by atoms with Crippen molar-refractivity contribution < 1.29 is 0 Å². The molecule has 0 atom stereocenters. The number of pyridine rings is 1. The number of hydrogen-bond acceptors (Lipinski definition) is 2. The van der Waals surface area contributed by atoms with E-state index in [9.17, 15) is 4.79 Å². The Morgan fingerprint density at radius 1 is 0.955 bits per heavy atom. The molecule has 1 aromatic carbocycles. The number of hydrogen-bond donors (Lipinski definition) is 0. The van der Waals surface area contributed by atoms with Crippen molar-refractivity contribution in [2.45, 2.75) is 13.1 Å². The molecule has 0 radical (unpaired) electrons. The van der Waals surface area contributed by atoms with Crippen LogP contribution in [0.3, 0.4) is 0 Å². The molecule has 0 fully saturated rings. The maximum absolute atomic E-state index is 12.8. The molecule has 2 heterocycles. The zero-order valence-corrected chi connectivity index (χ0v) is 13.1. The second-order valence-electron chi connectivity index (χ2n) is 5.85. The molecule has 0 unspecified atom stereocenters. The third kappa shape index (κ3) is 2.97. The number of rotatable bonds is 5. The van der Waals surface area contributed by atoms with E-state index < -0.39 is 0 Å². The van der Waals surface area contributed by atoms with E-state index in [1.54, 1.807) is 4.57 Å². The van der Waals surface area contributed by atoms with Gasteiger partial charge in [0, 0.05) is 30.9 Å². The van der Waals surface area contributed by atoms with E-state index in [4.69, 9.17) is 0 Å². The average molecular weight is 295 g/mol. The van der Waals surface area contributed by atoms with Crippen molar-refractivity contribution in [3.63, 3.8) is 0 Å². The van der Waals surface area contributed by atoms with Crippen LogP contribution in [0.5, 0.6) is 0 Å². The molecular formula is C18H21N3O. The van der Waals surface area contributed by atoms with Crippen molar-refractivity contribution in [3.05, 3.63) is 70.8 Å². The van der Waals surface area contributed by atoms with Crippen LogP contribution >= 0.6 is 0 Å². The minimum Gasteiger partial charge on any atom is -0.342 e. The zero-order chi connectivity index (χ0) is 15.5. The summed E-state index contributed by atoms with van der Waals surface area (Å²) in [5, 5.41) is 1.01.